The summed E-state index contributed by atoms with van der Waals surface area (Å²) in [6, 6.07) is 13.0. The monoisotopic (exact) mass is 482 g/mol. The minimum Gasteiger partial charge on any atom is -0.478 e. The van der Waals surface area contributed by atoms with Gasteiger partial charge in [-0.3, -0.25) is 9.69 Å². The van der Waals surface area contributed by atoms with Gasteiger partial charge in [-0.1, -0.05) is 60.3 Å². The Kier molecular flexibility index (Phi) is 8.51. The predicted molar refractivity (Wildman–Crippen MR) is 128 cm³/mol. The van der Waals surface area contributed by atoms with E-state index in [9.17, 15) is 4.79 Å². The van der Waals surface area contributed by atoms with E-state index >= 15 is 0 Å². The van der Waals surface area contributed by atoms with E-state index in [1.807, 2.05) is 19.1 Å². The lowest BCUT2D eigenvalue weighted by Crippen LogP contribution is -2.51. The molecule has 0 aromatic heterocycles. The minimum atomic E-state index is -1.00. The lowest BCUT2D eigenvalue weighted by molar-refractivity contribution is -0.136. The molecule has 1 heterocycles. The maximum absolute atomic E-state index is 13.1. The van der Waals surface area contributed by atoms with Gasteiger partial charge in [0.1, 0.15) is 5.75 Å². The van der Waals surface area contributed by atoms with Crippen LogP contribution in [-0.2, 0) is 4.79 Å². The van der Waals surface area contributed by atoms with Gasteiger partial charge in [0, 0.05) is 28.2 Å². The van der Waals surface area contributed by atoms with Gasteiger partial charge in [0.15, 0.2) is 5.60 Å². The van der Waals surface area contributed by atoms with E-state index < -0.39 is 5.60 Å². The second-order valence-electron chi connectivity index (χ2n) is 8.32. The van der Waals surface area contributed by atoms with E-state index in [0.717, 1.165) is 37.4 Å². The summed E-state index contributed by atoms with van der Waals surface area (Å²) in [6.07, 6.45) is 3.51. The highest BCUT2D eigenvalue weighted by molar-refractivity contribution is 6.34. The summed E-state index contributed by atoms with van der Waals surface area (Å²) < 4.78 is 6.13. The molecule has 0 spiro atoms. The maximum atomic E-state index is 13.1. The largest absolute Gasteiger partial charge is 0.478 e. The fourth-order valence-electron chi connectivity index (χ4n) is 3.93. The number of halogens is 3. The lowest BCUT2D eigenvalue weighted by atomic mass is 9.97. The van der Waals surface area contributed by atoms with Crippen LogP contribution >= 0.6 is 34.8 Å². The molecule has 1 N–H and O–H groups in total. The van der Waals surface area contributed by atoms with Gasteiger partial charge in [-0.15, -0.1) is 0 Å². The zero-order valence-corrected chi connectivity index (χ0v) is 20.2. The fraction of sp³-hybridized carbons (Fsp3) is 0.458. The quantitative estimate of drug-likeness (QED) is 0.440. The summed E-state index contributed by atoms with van der Waals surface area (Å²) in [5.41, 5.74) is 0.284. The van der Waals surface area contributed by atoms with E-state index in [-0.39, 0.29) is 5.91 Å². The summed E-state index contributed by atoms with van der Waals surface area (Å²) in [5.74, 6) is 0.813. The number of nitrogens with one attached hydrogen (secondary N) is 1. The van der Waals surface area contributed by atoms with Gasteiger partial charge in [-0.05, 0) is 68.0 Å². The van der Waals surface area contributed by atoms with Crippen molar-refractivity contribution in [2.45, 2.75) is 51.0 Å². The molecule has 2 unspecified atom stereocenters. The maximum Gasteiger partial charge on any atom is 0.264 e. The second-order valence-corrected chi connectivity index (χ2v) is 9.63. The van der Waals surface area contributed by atoms with E-state index in [1.165, 1.54) is 5.56 Å². The zero-order valence-electron chi connectivity index (χ0n) is 18.0. The Morgan fingerprint density at radius 2 is 1.81 bits per heavy atom. The van der Waals surface area contributed by atoms with Crippen molar-refractivity contribution >= 4 is 40.7 Å². The Morgan fingerprint density at radius 1 is 1.13 bits per heavy atom. The van der Waals surface area contributed by atoms with Gasteiger partial charge in [0.05, 0.1) is 6.67 Å². The molecular formula is C24H29Cl3N2O2. The molecular weight excluding hydrogens is 455 g/mol. The summed E-state index contributed by atoms with van der Waals surface area (Å²) in [5, 5.41) is 4.78. The molecule has 7 heteroatoms. The third kappa shape index (κ3) is 6.76. The zero-order chi connectivity index (χ0) is 22.4. The smallest absolute Gasteiger partial charge is 0.264 e. The number of ether oxygens (including phenoxy) is 1. The highest BCUT2D eigenvalue weighted by atomic mass is 35.5. The molecule has 0 radical (unpaired) electrons. The summed E-state index contributed by atoms with van der Waals surface area (Å²) in [6.45, 7) is 6.25. The van der Waals surface area contributed by atoms with Gasteiger partial charge in [0.2, 0.25) is 0 Å². The van der Waals surface area contributed by atoms with Gasteiger partial charge in [-0.25, -0.2) is 0 Å². The first-order valence-electron chi connectivity index (χ1n) is 10.7. The number of carbonyl (C=O) groups is 1. The van der Waals surface area contributed by atoms with Gasteiger partial charge in [0.25, 0.3) is 5.91 Å². The van der Waals surface area contributed by atoms with Crippen molar-refractivity contribution in [1.29, 1.82) is 0 Å². The average molecular weight is 484 g/mol. The van der Waals surface area contributed by atoms with Crippen LogP contribution in [0.25, 0.3) is 0 Å². The third-order valence-electron chi connectivity index (χ3n) is 5.74. The van der Waals surface area contributed by atoms with Crippen LogP contribution in [0.1, 0.15) is 51.0 Å². The fourth-order valence-corrected chi connectivity index (χ4v) is 4.56. The molecule has 0 saturated carbocycles. The molecule has 2 aromatic rings. The van der Waals surface area contributed by atoms with Gasteiger partial charge in [-0.2, -0.15) is 0 Å². The molecule has 3 rings (SSSR count). The number of benzene rings is 2. The number of carbonyl (C=O) groups excluding carboxylic acids is 1. The van der Waals surface area contributed by atoms with Crippen molar-refractivity contribution in [3.8, 4) is 5.75 Å². The van der Waals surface area contributed by atoms with Crippen LogP contribution in [-0.4, -0.2) is 36.2 Å². The Labute approximate surface area is 199 Å². The van der Waals surface area contributed by atoms with Crippen LogP contribution in [0, 0.1) is 0 Å². The summed E-state index contributed by atoms with van der Waals surface area (Å²) in [7, 11) is 0. The highest BCUT2D eigenvalue weighted by Gasteiger charge is 2.36. The molecule has 1 fully saturated rings. The van der Waals surface area contributed by atoms with Crippen molar-refractivity contribution in [3.63, 3.8) is 0 Å². The molecule has 0 aliphatic carbocycles. The van der Waals surface area contributed by atoms with Crippen LogP contribution in [0.2, 0.25) is 15.1 Å². The molecule has 31 heavy (non-hydrogen) atoms. The standard InChI is InChI=1S/C24H29Cl3N2O2/c1-3-4-10-24(2,31-22-13-20(26)12-21(27)14-22)23(30)28-16-29-11-9-18(15-29)17-5-7-19(25)8-6-17/h5-8,12-14,18H,3-4,9-11,15-16H2,1-2H3,(H,28,30). The Bertz CT molecular complexity index is 871. The van der Waals surface area contributed by atoms with Crippen LogP contribution in [0.3, 0.4) is 0 Å². The molecule has 1 amide bonds. The Hall–Kier alpha value is -1.46. The number of hydrogen-bond donors (Lipinski definition) is 1. The molecule has 0 bridgehead atoms. The first-order valence-corrected chi connectivity index (χ1v) is 11.8. The molecule has 2 atom stereocenters. The van der Waals surface area contributed by atoms with E-state index in [2.05, 4.69) is 29.3 Å². The second kappa shape index (κ2) is 10.9. The Balaban J connectivity index is 1.60. The molecule has 1 saturated heterocycles. The average Bonchev–Trinajstić information content (AvgIpc) is 3.19. The first kappa shape index (κ1) is 24.2. The molecule has 1 aliphatic rings. The molecule has 4 nitrogen and oxygen atoms in total. The lowest BCUT2D eigenvalue weighted by Gasteiger charge is -2.30. The van der Waals surface area contributed by atoms with Crippen molar-refractivity contribution in [2.75, 3.05) is 19.8 Å². The topological polar surface area (TPSA) is 41.6 Å². The normalized spacial score (nSPS) is 18.5. The van der Waals surface area contributed by atoms with Crippen molar-refractivity contribution in [2.24, 2.45) is 0 Å². The number of hydrogen-bond acceptors (Lipinski definition) is 3. The number of amides is 1. The Morgan fingerprint density at radius 3 is 2.45 bits per heavy atom. The van der Waals surface area contributed by atoms with E-state index in [4.69, 9.17) is 39.5 Å². The molecule has 168 valence electrons. The number of unbranched alkanes of at least 4 members (excludes halogenated alkanes) is 1. The molecule has 1 aliphatic heterocycles. The van der Waals surface area contributed by atoms with Crippen molar-refractivity contribution < 1.29 is 9.53 Å². The summed E-state index contributed by atoms with van der Waals surface area (Å²) in [4.78, 5) is 15.4. The number of likely N-dealkylation sites (tertiary alicyclic amines) is 1. The number of nitrogens with zero attached hydrogens (tertiary/aromatic N) is 1. The SMILES string of the molecule is CCCCC(C)(Oc1cc(Cl)cc(Cl)c1)C(=O)NCN1CCC(c2ccc(Cl)cc2)C1. The highest BCUT2D eigenvalue weighted by Crippen LogP contribution is 2.30. The third-order valence-corrected chi connectivity index (χ3v) is 6.43. The minimum absolute atomic E-state index is 0.132. The summed E-state index contributed by atoms with van der Waals surface area (Å²) >= 11 is 18.2. The van der Waals surface area contributed by atoms with E-state index in [1.54, 1.807) is 18.2 Å². The van der Waals surface area contributed by atoms with E-state index in [0.29, 0.717) is 34.8 Å². The van der Waals surface area contributed by atoms with Gasteiger partial charge < -0.3 is 10.1 Å². The number of rotatable bonds is 9. The molecule has 2 aromatic carbocycles. The van der Waals surface area contributed by atoms with Crippen molar-refractivity contribution in [1.82, 2.24) is 10.2 Å². The van der Waals surface area contributed by atoms with Crippen LogP contribution < -0.4 is 10.1 Å². The van der Waals surface area contributed by atoms with Crippen LogP contribution in [0.5, 0.6) is 5.75 Å². The van der Waals surface area contributed by atoms with Crippen LogP contribution in [0.4, 0.5) is 0 Å². The predicted octanol–water partition coefficient (Wildman–Crippen LogP) is 6.54. The first-order chi connectivity index (χ1) is 14.8. The van der Waals surface area contributed by atoms with Crippen molar-refractivity contribution in [3.05, 3.63) is 63.1 Å². The van der Waals surface area contributed by atoms with Gasteiger partial charge >= 0.3 is 0 Å². The van der Waals surface area contributed by atoms with Crippen LogP contribution in [0.15, 0.2) is 42.5 Å².